The SMILES string of the molecule is O=C(NCc1cccs1)C1CCCN(c2cccnn2)C1. The molecular formula is C15H18N4OS. The Bertz CT molecular complexity index is 573. The standard InChI is InChI=1S/C15H18N4OS/c20-15(16-10-13-5-3-9-21-13)12-4-2-8-19(11-12)14-6-1-7-17-18-14/h1,3,5-7,9,12H,2,4,8,10-11H2,(H,16,20). The summed E-state index contributed by atoms with van der Waals surface area (Å²) in [6.45, 7) is 2.28. The average Bonchev–Trinajstić information content (AvgIpc) is 3.07. The summed E-state index contributed by atoms with van der Waals surface area (Å²) in [6, 6.07) is 7.86. The summed E-state index contributed by atoms with van der Waals surface area (Å²) >= 11 is 1.67. The number of hydrogen-bond acceptors (Lipinski definition) is 5. The van der Waals surface area contributed by atoms with E-state index in [1.54, 1.807) is 17.5 Å². The molecule has 1 aliphatic rings. The summed E-state index contributed by atoms with van der Waals surface area (Å²) in [5.41, 5.74) is 0. The number of anilines is 1. The molecule has 1 atom stereocenters. The van der Waals surface area contributed by atoms with Gasteiger partial charge in [-0.3, -0.25) is 4.79 Å². The van der Waals surface area contributed by atoms with Gasteiger partial charge in [-0.2, -0.15) is 5.10 Å². The van der Waals surface area contributed by atoms with Gasteiger partial charge in [-0.05, 0) is 36.4 Å². The summed E-state index contributed by atoms with van der Waals surface area (Å²) in [5.74, 6) is 1.02. The van der Waals surface area contributed by atoms with Crippen LogP contribution in [0.15, 0.2) is 35.8 Å². The van der Waals surface area contributed by atoms with E-state index in [1.165, 1.54) is 4.88 Å². The number of nitrogens with one attached hydrogen (secondary N) is 1. The summed E-state index contributed by atoms with van der Waals surface area (Å²) in [6.07, 6.45) is 3.61. The summed E-state index contributed by atoms with van der Waals surface area (Å²) in [7, 11) is 0. The van der Waals surface area contributed by atoms with Crippen molar-refractivity contribution in [3.63, 3.8) is 0 Å². The largest absolute Gasteiger partial charge is 0.354 e. The molecule has 0 saturated carbocycles. The van der Waals surface area contributed by atoms with E-state index in [0.717, 1.165) is 31.7 Å². The van der Waals surface area contributed by atoms with E-state index in [-0.39, 0.29) is 11.8 Å². The summed E-state index contributed by atoms with van der Waals surface area (Å²) in [4.78, 5) is 15.6. The van der Waals surface area contributed by atoms with Crippen molar-refractivity contribution in [3.8, 4) is 0 Å². The highest BCUT2D eigenvalue weighted by Gasteiger charge is 2.26. The Hall–Kier alpha value is -1.95. The van der Waals surface area contributed by atoms with Crippen molar-refractivity contribution in [2.75, 3.05) is 18.0 Å². The lowest BCUT2D eigenvalue weighted by atomic mass is 9.97. The minimum Gasteiger partial charge on any atom is -0.354 e. The third-order valence-corrected chi connectivity index (χ3v) is 4.57. The topological polar surface area (TPSA) is 58.1 Å². The second-order valence-electron chi connectivity index (χ2n) is 5.16. The fourth-order valence-corrected chi connectivity index (χ4v) is 3.24. The number of thiophene rings is 1. The molecule has 3 heterocycles. The number of rotatable bonds is 4. The number of hydrogen-bond donors (Lipinski definition) is 1. The third-order valence-electron chi connectivity index (χ3n) is 3.69. The Morgan fingerprint density at radius 2 is 2.38 bits per heavy atom. The number of aromatic nitrogens is 2. The molecule has 0 aromatic carbocycles. The van der Waals surface area contributed by atoms with E-state index in [4.69, 9.17) is 0 Å². The van der Waals surface area contributed by atoms with Crippen LogP contribution in [0.25, 0.3) is 0 Å². The molecule has 0 radical (unpaired) electrons. The molecule has 2 aromatic rings. The fourth-order valence-electron chi connectivity index (χ4n) is 2.59. The molecule has 1 amide bonds. The van der Waals surface area contributed by atoms with Crippen molar-refractivity contribution < 1.29 is 4.79 Å². The molecule has 1 N–H and O–H groups in total. The molecule has 2 aromatic heterocycles. The van der Waals surface area contributed by atoms with E-state index >= 15 is 0 Å². The molecule has 1 saturated heterocycles. The normalized spacial score (nSPS) is 18.5. The molecule has 6 heteroatoms. The zero-order chi connectivity index (χ0) is 14.5. The van der Waals surface area contributed by atoms with Gasteiger partial charge in [-0.15, -0.1) is 16.4 Å². The van der Waals surface area contributed by atoms with Gasteiger partial charge in [0.2, 0.25) is 5.91 Å². The number of nitrogens with zero attached hydrogens (tertiary/aromatic N) is 3. The van der Waals surface area contributed by atoms with Crippen LogP contribution in [0.3, 0.4) is 0 Å². The van der Waals surface area contributed by atoms with Gasteiger partial charge in [0, 0.05) is 24.2 Å². The lowest BCUT2D eigenvalue weighted by Crippen LogP contribution is -2.43. The van der Waals surface area contributed by atoms with Gasteiger partial charge in [0.1, 0.15) is 0 Å². The molecule has 0 bridgehead atoms. The van der Waals surface area contributed by atoms with Crippen LogP contribution >= 0.6 is 11.3 Å². The molecule has 1 fully saturated rings. The maximum atomic E-state index is 12.3. The molecule has 3 rings (SSSR count). The predicted molar refractivity (Wildman–Crippen MR) is 83.1 cm³/mol. The minimum absolute atomic E-state index is 0.0284. The predicted octanol–water partition coefficient (Wildman–Crippen LogP) is 2.07. The van der Waals surface area contributed by atoms with Crippen molar-refractivity contribution >= 4 is 23.1 Å². The zero-order valence-electron chi connectivity index (χ0n) is 11.7. The van der Waals surface area contributed by atoms with Crippen molar-refractivity contribution in [1.82, 2.24) is 15.5 Å². The smallest absolute Gasteiger partial charge is 0.225 e. The van der Waals surface area contributed by atoms with Crippen LogP contribution < -0.4 is 10.2 Å². The third kappa shape index (κ3) is 3.58. The molecule has 1 unspecified atom stereocenters. The van der Waals surface area contributed by atoms with Gasteiger partial charge in [0.15, 0.2) is 5.82 Å². The lowest BCUT2D eigenvalue weighted by Gasteiger charge is -2.32. The molecule has 1 aliphatic heterocycles. The van der Waals surface area contributed by atoms with Gasteiger partial charge >= 0.3 is 0 Å². The van der Waals surface area contributed by atoms with Crippen molar-refractivity contribution in [2.24, 2.45) is 5.92 Å². The highest BCUT2D eigenvalue weighted by Crippen LogP contribution is 2.21. The Balaban J connectivity index is 1.56. The summed E-state index contributed by atoms with van der Waals surface area (Å²) in [5, 5.41) is 13.1. The molecule has 21 heavy (non-hydrogen) atoms. The first-order valence-corrected chi connectivity index (χ1v) is 8.03. The van der Waals surface area contributed by atoms with Crippen molar-refractivity contribution in [2.45, 2.75) is 19.4 Å². The molecule has 0 spiro atoms. The van der Waals surface area contributed by atoms with Crippen LogP contribution in [0.4, 0.5) is 5.82 Å². The monoisotopic (exact) mass is 302 g/mol. The van der Waals surface area contributed by atoms with E-state index < -0.39 is 0 Å². The van der Waals surface area contributed by atoms with Gasteiger partial charge in [-0.1, -0.05) is 6.07 Å². The Morgan fingerprint density at radius 1 is 1.43 bits per heavy atom. The van der Waals surface area contributed by atoms with Gasteiger partial charge in [-0.25, -0.2) is 0 Å². The van der Waals surface area contributed by atoms with E-state index in [0.29, 0.717) is 6.54 Å². The van der Waals surface area contributed by atoms with Gasteiger partial charge in [0.25, 0.3) is 0 Å². The average molecular weight is 302 g/mol. The Kier molecular flexibility index (Phi) is 4.45. The van der Waals surface area contributed by atoms with Crippen LogP contribution in [-0.4, -0.2) is 29.2 Å². The first kappa shape index (κ1) is 14.0. The second-order valence-corrected chi connectivity index (χ2v) is 6.20. The van der Waals surface area contributed by atoms with Crippen LogP contribution in [0.5, 0.6) is 0 Å². The summed E-state index contributed by atoms with van der Waals surface area (Å²) < 4.78 is 0. The number of piperidine rings is 1. The first-order valence-electron chi connectivity index (χ1n) is 7.15. The van der Waals surface area contributed by atoms with Crippen LogP contribution in [-0.2, 0) is 11.3 Å². The second kappa shape index (κ2) is 6.67. The van der Waals surface area contributed by atoms with Crippen LogP contribution in [0.2, 0.25) is 0 Å². The van der Waals surface area contributed by atoms with Crippen LogP contribution in [0.1, 0.15) is 17.7 Å². The van der Waals surface area contributed by atoms with Gasteiger partial charge in [0.05, 0.1) is 12.5 Å². The molecule has 0 aliphatic carbocycles. The number of amides is 1. The van der Waals surface area contributed by atoms with Crippen LogP contribution in [0, 0.1) is 5.92 Å². The van der Waals surface area contributed by atoms with E-state index in [1.807, 2.05) is 29.6 Å². The van der Waals surface area contributed by atoms with E-state index in [9.17, 15) is 4.79 Å². The number of carbonyl (C=O) groups is 1. The minimum atomic E-state index is 0.0284. The molecular weight excluding hydrogens is 284 g/mol. The Labute approximate surface area is 128 Å². The van der Waals surface area contributed by atoms with Gasteiger partial charge < -0.3 is 10.2 Å². The Morgan fingerprint density at radius 3 is 3.14 bits per heavy atom. The first-order chi connectivity index (χ1) is 10.3. The quantitative estimate of drug-likeness (QED) is 0.939. The fraction of sp³-hybridized carbons (Fsp3) is 0.400. The van der Waals surface area contributed by atoms with Crippen molar-refractivity contribution in [3.05, 3.63) is 40.7 Å². The molecule has 110 valence electrons. The maximum absolute atomic E-state index is 12.3. The zero-order valence-corrected chi connectivity index (χ0v) is 12.6. The number of carbonyl (C=O) groups excluding carboxylic acids is 1. The van der Waals surface area contributed by atoms with E-state index in [2.05, 4.69) is 20.4 Å². The highest BCUT2D eigenvalue weighted by molar-refractivity contribution is 7.09. The maximum Gasteiger partial charge on any atom is 0.225 e. The lowest BCUT2D eigenvalue weighted by molar-refractivity contribution is -0.125. The highest BCUT2D eigenvalue weighted by atomic mass is 32.1. The molecule has 5 nitrogen and oxygen atoms in total. The van der Waals surface area contributed by atoms with Crippen molar-refractivity contribution in [1.29, 1.82) is 0 Å².